The van der Waals surface area contributed by atoms with Crippen LogP contribution in [0, 0.1) is 12.7 Å². The fraction of sp³-hybridized carbons (Fsp3) is 0.323. The zero-order valence-electron chi connectivity index (χ0n) is 22.8. The highest BCUT2D eigenvalue weighted by molar-refractivity contribution is 8.00. The number of carbonyl (C=O) groups excluding carboxylic acids is 3. The molecule has 9 heteroatoms. The Morgan fingerprint density at radius 3 is 2.38 bits per heavy atom. The van der Waals surface area contributed by atoms with Crippen LogP contribution in [0.3, 0.4) is 0 Å². The van der Waals surface area contributed by atoms with E-state index in [1.54, 1.807) is 0 Å². The van der Waals surface area contributed by atoms with E-state index in [9.17, 15) is 23.9 Å². The summed E-state index contributed by atoms with van der Waals surface area (Å²) >= 11 is 1.44. The van der Waals surface area contributed by atoms with Gasteiger partial charge in [0.25, 0.3) is 11.8 Å². The van der Waals surface area contributed by atoms with Crippen LogP contribution in [0.5, 0.6) is 0 Å². The molecule has 1 saturated heterocycles. The number of benzene rings is 3. The van der Waals surface area contributed by atoms with E-state index in [0.717, 1.165) is 16.7 Å². The van der Waals surface area contributed by atoms with E-state index >= 15 is 0 Å². The van der Waals surface area contributed by atoms with Gasteiger partial charge in [0.15, 0.2) is 6.10 Å². The normalized spacial score (nSPS) is 17.6. The lowest BCUT2D eigenvalue weighted by molar-refractivity contribution is -0.147. The first-order valence-electron chi connectivity index (χ1n) is 13.1. The lowest BCUT2D eigenvalue weighted by atomic mass is 9.96. The molecule has 0 saturated carbocycles. The van der Waals surface area contributed by atoms with Crippen molar-refractivity contribution in [3.63, 3.8) is 0 Å². The van der Waals surface area contributed by atoms with Crippen LogP contribution in [0.2, 0.25) is 0 Å². The van der Waals surface area contributed by atoms with Crippen molar-refractivity contribution in [2.45, 2.75) is 56.7 Å². The van der Waals surface area contributed by atoms with Crippen LogP contribution in [0.4, 0.5) is 4.39 Å². The summed E-state index contributed by atoms with van der Waals surface area (Å²) in [5.74, 6) is -2.25. The molecule has 7 nitrogen and oxygen atoms in total. The number of amides is 3. The maximum Gasteiger partial charge on any atom is 0.254 e. The van der Waals surface area contributed by atoms with E-state index in [4.69, 9.17) is 0 Å². The number of rotatable bonds is 9. The molecule has 1 aliphatic heterocycles. The molecule has 3 atom stereocenters. The fourth-order valence-electron chi connectivity index (χ4n) is 4.84. The molecule has 4 rings (SSSR count). The predicted octanol–water partition coefficient (Wildman–Crippen LogP) is 3.83. The number of hydrogen-bond acceptors (Lipinski definition) is 5. The SMILES string of the molecule is Cc1ccccc1CNC(=O)[C@H]1N(C(=O)[C@@H](O)[C@H](Cc2ccccc2)NC(=O)c2ccccc2F)CSC1(C)C. The smallest absolute Gasteiger partial charge is 0.254 e. The number of halogens is 1. The molecule has 0 bridgehead atoms. The van der Waals surface area contributed by atoms with Crippen molar-refractivity contribution >= 4 is 29.5 Å². The first-order chi connectivity index (χ1) is 19.1. The molecule has 3 aromatic carbocycles. The molecule has 0 radical (unpaired) electrons. The monoisotopic (exact) mass is 563 g/mol. The van der Waals surface area contributed by atoms with Gasteiger partial charge < -0.3 is 20.6 Å². The van der Waals surface area contributed by atoms with Crippen molar-refractivity contribution in [2.75, 3.05) is 5.88 Å². The minimum atomic E-state index is -1.67. The third-order valence-electron chi connectivity index (χ3n) is 7.16. The lowest BCUT2D eigenvalue weighted by Crippen LogP contribution is -2.58. The molecular weight excluding hydrogens is 529 g/mol. The molecule has 1 heterocycles. The van der Waals surface area contributed by atoms with Crippen LogP contribution in [0.1, 0.15) is 40.9 Å². The molecule has 3 amide bonds. The first kappa shape index (κ1) is 29.3. The highest BCUT2D eigenvalue weighted by Gasteiger charge is 2.49. The van der Waals surface area contributed by atoms with Gasteiger partial charge in [0.05, 0.1) is 17.5 Å². The van der Waals surface area contributed by atoms with E-state index in [1.165, 1.54) is 40.9 Å². The van der Waals surface area contributed by atoms with Crippen LogP contribution >= 0.6 is 11.8 Å². The summed E-state index contributed by atoms with van der Waals surface area (Å²) in [6.45, 7) is 6.04. The van der Waals surface area contributed by atoms with Crippen LogP contribution in [0.25, 0.3) is 0 Å². The summed E-state index contributed by atoms with van der Waals surface area (Å²) in [4.78, 5) is 41.5. The van der Waals surface area contributed by atoms with Crippen LogP contribution in [0.15, 0.2) is 78.9 Å². The second-order valence-electron chi connectivity index (χ2n) is 10.4. The number of aryl methyl sites for hydroxylation is 1. The van der Waals surface area contributed by atoms with Gasteiger partial charge in [0.1, 0.15) is 11.9 Å². The number of carbonyl (C=O) groups is 3. The Labute approximate surface area is 238 Å². The number of nitrogens with zero attached hydrogens (tertiary/aromatic N) is 1. The van der Waals surface area contributed by atoms with Crippen molar-refractivity contribution in [1.29, 1.82) is 0 Å². The minimum absolute atomic E-state index is 0.127. The number of nitrogens with one attached hydrogen (secondary N) is 2. The third kappa shape index (κ3) is 6.71. The molecular formula is C31H34FN3O4S. The standard InChI is InChI=1S/C31H34FN3O4S/c1-20-11-7-8-14-22(20)18-33-29(38)27-31(2,3)40-19-35(27)30(39)26(36)25(17-21-12-5-4-6-13-21)34-28(37)23-15-9-10-16-24(23)32/h4-16,25-27,36H,17-19H2,1-3H3,(H,33,38)(H,34,37)/t25-,26-,27+/m0/s1. The van der Waals surface area contributed by atoms with Crippen molar-refractivity contribution in [3.8, 4) is 0 Å². The molecule has 0 aromatic heterocycles. The Morgan fingerprint density at radius 1 is 1.02 bits per heavy atom. The Kier molecular flexibility index (Phi) is 9.27. The minimum Gasteiger partial charge on any atom is -0.381 e. The van der Waals surface area contributed by atoms with E-state index in [0.29, 0.717) is 6.54 Å². The molecule has 1 fully saturated rings. The summed E-state index contributed by atoms with van der Waals surface area (Å²) < 4.78 is 13.7. The van der Waals surface area contributed by atoms with Crippen molar-refractivity contribution in [2.24, 2.45) is 0 Å². The van der Waals surface area contributed by atoms with Gasteiger partial charge in [0.2, 0.25) is 5.91 Å². The van der Waals surface area contributed by atoms with E-state index < -0.39 is 40.6 Å². The van der Waals surface area contributed by atoms with E-state index in [1.807, 2.05) is 75.4 Å². The topological polar surface area (TPSA) is 98.7 Å². The zero-order chi connectivity index (χ0) is 28.9. The number of aliphatic hydroxyl groups is 1. The van der Waals surface area contributed by atoms with E-state index in [-0.39, 0.29) is 23.8 Å². The maximum atomic E-state index is 14.3. The van der Waals surface area contributed by atoms with Crippen molar-refractivity contribution < 1.29 is 23.9 Å². The summed E-state index contributed by atoms with van der Waals surface area (Å²) in [5.41, 5.74) is 2.60. The molecule has 1 aliphatic rings. The Hall–Kier alpha value is -3.69. The molecule has 0 aliphatic carbocycles. The summed E-state index contributed by atoms with van der Waals surface area (Å²) in [5, 5.41) is 16.9. The molecule has 0 spiro atoms. The van der Waals surface area contributed by atoms with Gasteiger partial charge in [-0.3, -0.25) is 14.4 Å². The van der Waals surface area contributed by atoms with Crippen LogP contribution in [-0.4, -0.2) is 56.5 Å². The Morgan fingerprint density at radius 2 is 1.68 bits per heavy atom. The highest BCUT2D eigenvalue weighted by Crippen LogP contribution is 2.40. The average molecular weight is 564 g/mol. The van der Waals surface area contributed by atoms with Gasteiger partial charge in [0, 0.05) is 11.3 Å². The highest BCUT2D eigenvalue weighted by atomic mass is 32.2. The third-order valence-corrected chi connectivity index (χ3v) is 8.53. The summed E-state index contributed by atoms with van der Waals surface area (Å²) in [6.07, 6.45) is -1.54. The van der Waals surface area contributed by atoms with Gasteiger partial charge in [-0.1, -0.05) is 66.7 Å². The average Bonchev–Trinajstić information content (AvgIpc) is 3.26. The quantitative estimate of drug-likeness (QED) is 0.368. The summed E-state index contributed by atoms with van der Waals surface area (Å²) in [6, 6.07) is 20.4. The molecule has 3 aromatic rings. The van der Waals surface area contributed by atoms with E-state index in [2.05, 4.69) is 10.6 Å². The van der Waals surface area contributed by atoms with Crippen LogP contribution in [-0.2, 0) is 22.6 Å². The number of aliphatic hydroxyl groups excluding tert-OH is 1. The lowest BCUT2D eigenvalue weighted by Gasteiger charge is -2.33. The van der Waals surface area contributed by atoms with Crippen LogP contribution < -0.4 is 10.6 Å². The molecule has 210 valence electrons. The number of hydrogen-bond donors (Lipinski definition) is 3. The largest absolute Gasteiger partial charge is 0.381 e. The first-order valence-corrected chi connectivity index (χ1v) is 14.1. The number of thioether (sulfide) groups is 1. The fourth-order valence-corrected chi connectivity index (χ4v) is 5.98. The summed E-state index contributed by atoms with van der Waals surface area (Å²) in [7, 11) is 0. The van der Waals surface area contributed by atoms with Gasteiger partial charge in [-0.25, -0.2) is 4.39 Å². The Balaban J connectivity index is 1.55. The Bertz CT molecular complexity index is 1370. The van der Waals surface area contributed by atoms with Gasteiger partial charge in [-0.15, -0.1) is 11.8 Å². The van der Waals surface area contributed by atoms with Gasteiger partial charge in [-0.2, -0.15) is 0 Å². The second-order valence-corrected chi connectivity index (χ2v) is 12.0. The van der Waals surface area contributed by atoms with Crippen molar-refractivity contribution in [1.82, 2.24) is 15.5 Å². The maximum absolute atomic E-state index is 14.3. The second kappa shape index (κ2) is 12.7. The molecule has 40 heavy (non-hydrogen) atoms. The molecule has 0 unspecified atom stereocenters. The predicted molar refractivity (Wildman–Crippen MR) is 154 cm³/mol. The van der Waals surface area contributed by atoms with Gasteiger partial charge >= 0.3 is 0 Å². The molecule has 3 N–H and O–H groups in total. The van der Waals surface area contributed by atoms with Crippen molar-refractivity contribution in [3.05, 3.63) is 107 Å². The van der Waals surface area contributed by atoms with Gasteiger partial charge in [-0.05, 0) is 56.0 Å². The zero-order valence-corrected chi connectivity index (χ0v) is 23.6.